The predicted octanol–water partition coefficient (Wildman–Crippen LogP) is 0.929. The van der Waals surface area contributed by atoms with Crippen LogP contribution in [0.25, 0.3) is 0 Å². The molecule has 9 heteroatoms. The van der Waals surface area contributed by atoms with Gasteiger partial charge in [0.25, 0.3) is 0 Å². The van der Waals surface area contributed by atoms with Crippen LogP contribution in [0.4, 0.5) is 0 Å². The second kappa shape index (κ2) is 6.29. The second-order valence-corrected chi connectivity index (χ2v) is 10.0. The van der Waals surface area contributed by atoms with E-state index < -0.39 is 20.0 Å². The van der Waals surface area contributed by atoms with Crippen molar-refractivity contribution in [1.82, 2.24) is 9.03 Å². The van der Waals surface area contributed by atoms with E-state index in [-0.39, 0.29) is 23.0 Å². The van der Waals surface area contributed by atoms with Crippen molar-refractivity contribution in [3.8, 4) is 5.75 Å². The Morgan fingerprint density at radius 2 is 1.75 bits per heavy atom. The molecule has 0 aliphatic carbocycles. The molecule has 2 saturated heterocycles. The standard InChI is InChI=1S/C15H22N2O5S2/c1-22-14-4-3-5-15(10-14)24(20,21)16-11-8-12-6-7-13(9-11)17(12)23(2,18)19/h3-5,10-13,16H,6-9H2,1-2H3. The van der Waals surface area contributed by atoms with E-state index >= 15 is 0 Å². The lowest BCUT2D eigenvalue weighted by atomic mass is 10.0. The van der Waals surface area contributed by atoms with Gasteiger partial charge in [0.1, 0.15) is 5.75 Å². The topological polar surface area (TPSA) is 92.8 Å². The summed E-state index contributed by atoms with van der Waals surface area (Å²) in [5.74, 6) is 0.477. The predicted molar refractivity (Wildman–Crippen MR) is 89.8 cm³/mol. The van der Waals surface area contributed by atoms with Crippen LogP contribution in [-0.2, 0) is 20.0 Å². The number of nitrogens with zero attached hydrogens (tertiary/aromatic N) is 1. The zero-order valence-electron chi connectivity index (χ0n) is 13.7. The molecule has 0 radical (unpaired) electrons. The molecular formula is C15H22N2O5S2. The third kappa shape index (κ3) is 3.44. The van der Waals surface area contributed by atoms with E-state index in [2.05, 4.69) is 4.72 Å². The van der Waals surface area contributed by atoms with E-state index in [0.29, 0.717) is 18.6 Å². The van der Waals surface area contributed by atoms with Crippen molar-refractivity contribution in [3.63, 3.8) is 0 Å². The molecule has 0 amide bonds. The first-order chi connectivity index (χ1) is 11.2. The van der Waals surface area contributed by atoms with E-state index in [1.807, 2.05) is 0 Å². The summed E-state index contributed by atoms with van der Waals surface area (Å²) >= 11 is 0. The van der Waals surface area contributed by atoms with Crippen LogP contribution in [0.2, 0.25) is 0 Å². The Labute approximate surface area is 143 Å². The maximum Gasteiger partial charge on any atom is 0.240 e. The highest BCUT2D eigenvalue weighted by Crippen LogP contribution is 2.37. The summed E-state index contributed by atoms with van der Waals surface area (Å²) in [5.41, 5.74) is 0. The molecule has 1 N–H and O–H groups in total. The van der Waals surface area contributed by atoms with Crippen LogP contribution in [0, 0.1) is 0 Å². The number of ether oxygens (including phenoxy) is 1. The van der Waals surface area contributed by atoms with Crippen LogP contribution in [0.15, 0.2) is 29.2 Å². The largest absolute Gasteiger partial charge is 0.497 e. The summed E-state index contributed by atoms with van der Waals surface area (Å²) in [7, 11) is -5.43. The van der Waals surface area contributed by atoms with E-state index in [4.69, 9.17) is 4.74 Å². The molecular weight excluding hydrogens is 352 g/mol. The fraction of sp³-hybridized carbons (Fsp3) is 0.600. The maximum atomic E-state index is 12.6. The molecule has 1 aromatic carbocycles. The monoisotopic (exact) mass is 374 g/mol. The van der Waals surface area contributed by atoms with E-state index in [0.717, 1.165) is 12.8 Å². The van der Waals surface area contributed by atoms with Crippen molar-refractivity contribution in [2.75, 3.05) is 13.4 Å². The molecule has 2 aliphatic heterocycles. The van der Waals surface area contributed by atoms with Gasteiger partial charge in [0.15, 0.2) is 0 Å². The van der Waals surface area contributed by atoms with Gasteiger partial charge in [0.2, 0.25) is 20.0 Å². The minimum Gasteiger partial charge on any atom is -0.497 e. The number of fused-ring (bicyclic) bond motifs is 2. The molecule has 24 heavy (non-hydrogen) atoms. The number of piperidine rings is 1. The van der Waals surface area contributed by atoms with Gasteiger partial charge in [0, 0.05) is 24.2 Å². The van der Waals surface area contributed by atoms with Gasteiger partial charge in [0.05, 0.1) is 18.3 Å². The molecule has 2 unspecified atom stereocenters. The van der Waals surface area contributed by atoms with Gasteiger partial charge in [-0.2, -0.15) is 4.31 Å². The first kappa shape index (κ1) is 17.7. The van der Waals surface area contributed by atoms with E-state index in [1.165, 1.54) is 25.5 Å². The Hall–Kier alpha value is -1.16. The first-order valence-corrected chi connectivity index (χ1v) is 11.2. The normalized spacial score (nSPS) is 28.0. The van der Waals surface area contributed by atoms with E-state index in [1.54, 1.807) is 16.4 Å². The van der Waals surface area contributed by atoms with Crippen molar-refractivity contribution in [3.05, 3.63) is 24.3 Å². The maximum absolute atomic E-state index is 12.6. The number of nitrogens with one attached hydrogen (secondary N) is 1. The summed E-state index contributed by atoms with van der Waals surface area (Å²) in [6.45, 7) is 0. The SMILES string of the molecule is COc1cccc(S(=O)(=O)NC2CC3CCC(C2)N3S(C)(=O)=O)c1. The Morgan fingerprint density at radius 3 is 2.29 bits per heavy atom. The van der Waals surface area contributed by atoms with Crippen LogP contribution in [0.1, 0.15) is 25.7 Å². The van der Waals surface area contributed by atoms with Crippen molar-refractivity contribution in [2.45, 2.75) is 48.7 Å². The quantitative estimate of drug-likeness (QED) is 0.828. The van der Waals surface area contributed by atoms with Gasteiger partial charge in [-0.05, 0) is 37.8 Å². The lowest BCUT2D eigenvalue weighted by molar-refractivity contribution is 0.221. The number of hydrogen-bond acceptors (Lipinski definition) is 5. The zero-order valence-corrected chi connectivity index (χ0v) is 15.3. The van der Waals surface area contributed by atoms with Crippen LogP contribution >= 0.6 is 0 Å². The van der Waals surface area contributed by atoms with Gasteiger partial charge in [-0.25, -0.2) is 21.6 Å². The number of benzene rings is 1. The molecule has 0 spiro atoms. The molecule has 2 fully saturated rings. The van der Waals surface area contributed by atoms with Gasteiger partial charge < -0.3 is 4.74 Å². The third-order valence-corrected chi connectivity index (χ3v) is 7.60. The summed E-state index contributed by atoms with van der Waals surface area (Å²) < 4.78 is 58.3. The fourth-order valence-corrected chi connectivity index (χ4v) is 6.59. The van der Waals surface area contributed by atoms with Crippen LogP contribution < -0.4 is 9.46 Å². The Morgan fingerprint density at radius 1 is 1.12 bits per heavy atom. The van der Waals surface area contributed by atoms with Crippen molar-refractivity contribution < 1.29 is 21.6 Å². The van der Waals surface area contributed by atoms with Crippen molar-refractivity contribution >= 4 is 20.0 Å². The molecule has 2 aliphatic rings. The molecule has 2 bridgehead atoms. The van der Waals surface area contributed by atoms with E-state index in [9.17, 15) is 16.8 Å². The third-order valence-electron chi connectivity index (χ3n) is 4.72. The summed E-state index contributed by atoms with van der Waals surface area (Å²) in [4.78, 5) is 0.153. The fourth-order valence-electron chi connectivity index (χ4n) is 3.83. The van der Waals surface area contributed by atoms with Gasteiger partial charge >= 0.3 is 0 Å². The average molecular weight is 374 g/mol. The summed E-state index contributed by atoms with van der Waals surface area (Å²) in [6, 6.07) is 5.83. The lowest BCUT2D eigenvalue weighted by Gasteiger charge is -2.37. The summed E-state index contributed by atoms with van der Waals surface area (Å²) in [5, 5.41) is 0. The Balaban J connectivity index is 1.76. The minimum atomic E-state index is -3.66. The molecule has 1 aromatic rings. The van der Waals surface area contributed by atoms with Crippen molar-refractivity contribution in [1.29, 1.82) is 0 Å². The summed E-state index contributed by atoms with van der Waals surface area (Å²) in [6.07, 6.45) is 3.81. The highest BCUT2D eigenvalue weighted by atomic mass is 32.2. The van der Waals surface area contributed by atoms with Crippen LogP contribution in [0.5, 0.6) is 5.75 Å². The molecule has 0 saturated carbocycles. The highest BCUT2D eigenvalue weighted by molar-refractivity contribution is 7.89. The van der Waals surface area contributed by atoms with Gasteiger partial charge in [-0.1, -0.05) is 6.07 Å². The molecule has 134 valence electrons. The number of hydrogen-bond donors (Lipinski definition) is 1. The molecule has 3 rings (SSSR count). The number of rotatable bonds is 5. The average Bonchev–Trinajstić information content (AvgIpc) is 2.79. The minimum absolute atomic E-state index is 0.114. The van der Waals surface area contributed by atoms with Gasteiger partial charge in [-0.15, -0.1) is 0 Å². The first-order valence-electron chi connectivity index (χ1n) is 7.85. The molecule has 0 aromatic heterocycles. The van der Waals surface area contributed by atoms with Crippen LogP contribution in [-0.4, -0.2) is 52.6 Å². The molecule has 7 nitrogen and oxygen atoms in total. The molecule has 2 heterocycles. The lowest BCUT2D eigenvalue weighted by Crippen LogP contribution is -2.51. The Bertz CT molecular complexity index is 808. The zero-order chi connectivity index (χ0) is 17.5. The second-order valence-electron chi connectivity index (χ2n) is 6.45. The smallest absolute Gasteiger partial charge is 0.240 e. The van der Waals surface area contributed by atoms with Crippen LogP contribution in [0.3, 0.4) is 0 Å². The number of sulfonamides is 2. The highest BCUT2D eigenvalue weighted by Gasteiger charge is 2.45. The van der Waals surface area contributed by atoms with Crippen molar-refractivity contribution in [2.24, 2.45) is 0 Å². The Kier molecular flexibility index (Phi) is 4.63. The van der Waals surface area contributed by atoms with Gasteiger partial charge in [-0.3, -0.25) is 0 Å². The number of methoxy groups -OCH3 is 1. The molecule has 2 atom stereocenters.